The van der Waals surface area contributed by atoms with E-state index in [1.165, 1.54) is 24.2 Å². The van der Waals surface area contributed by atoms with E-state index < -0.39 is 35.6 Å². The monoisotopic (exact) mass is 383 g/mol. The molecule has 0 saturated carbocycles. The molecule has 1 fully saturated rings. The van der Waals surface area contributed by atoms with Gasteiger partial charge >= 0.3 is 0 Å². The van der Waals surface area contributed by atoms with Crippen molar-refractivity contribution in [2.24, 2.45) is 0 Å². The van der Waals surface area contributed by atoms with E-state index in [0.29, 0.717) is 6.61 Å². The fourth-order valence-corrected chi connectivity index (χ4v) is 3.20. The summed E-state index contributed by atoms with van der Waals surface area (Å²) >= 11 is 0. The second-order valence-electron chi connectivity index (χ2n) is 6.18. The molecule has 0 aromatic carbocycles. The molecular formula is C15H21N5O7. The van der Waals surface area contributed by atoms with Gasteiger partial charge in [0.15, 0.2) is 17.7 Å². The minimum atomic E-state index is -1.27. The van der Waals surface area contributed by atoms with Crippen LogP contribution in [0.5, 0.6) is 0 Å². The molecule has 3 N–H and O–H groups in total. The quantitative estimate of drug-likeness (QED) is 0.451. The van der Waals surface area contributed by atoms with Crippen molar-refractivity contribution in [3.63, 3.8) is 0 Å². The Hall–Kier alpha value is -2.38. The van der Waals surface area contributed by atoms with Crippen molar-refractivity contribution in [3.05, 3.63) is 22.6 Å². The summed E-state index contributed by atoms with van der Waals surface area (Å²) in [7, 11) is 1.39. The average molecular weight is 383 g/mol. The molecule has 27 heavy (non-hydrogen) atoms. The number of aliphatic hydroxyl groups is 2. The predicted octanol–water partition coefficient (Wildman–Crippen LogP) is 0.359. The van der Waals surface area contributed by atoms with Gasteiger partial charge < -0.3 is 19.7 Å². The van der Waals surface area contributed by atoms with Gasteiger partial charge in [-0.05, 0) is 13.8 Å². The number of anilines is 1. The van der Waals surface area contributed by atoms with Crippen molar-refractivity contribution in [3.8, 4) is 0 Å². The van der Waals surface area contributed by atoms with Crippen LogP contribution in [0.25, 0.3) is 11.0 Å². The molecule has 2 unspecified atom stereocenters. The predicted molar refractivity (Wildman–Crippen MR) is 91.8 cm³/mol. The summed E-state index contributed by atoms with van der Waals surface area (Å²) in [6.45, 7) is 3.22. The van der Waals surface area contributed by atoms with E-state index in [2.05, 4.69) is 15.4 Å². The maximum Gasteiger partial charge on any atom is 0.300 e. The van der Waals surface area contributed by atoms with Gasteiger partial charge in [0.05, 0.1) is 24.3 Å². The number of nitro groups is 1. The highest BCUT2D eigenvalue weighted by molar-refractivity contribution is 5.95. The minimum Gasteiger partial charge on any atom is -0.394 e. The number of methoxy groups -OCH3 is 1. The number of aliphatic hydroxyl groups excluding tert-OH is 2. The molecule has 4 atom stereocenters. The molecule has 1 saturated heterocycles. The van der Waals surface area contributed by atoms with Crippen molar-refractivity contribution >= 4 is 22.5 Å². The maximum atomic E-state index is 11.6. The third-order valence-electron chi connectivity index (χ3n) is 4.71. The number of fused-ring (bicyclic) bond motifs is 1. The van der Waals surface area contributed by atoms with E-state index in [-0.39, 0.29) is 22.5 Å². The Morgan fingerprint density at radius 2 is 2.26 bits per heavy atom. The largest absolute Gasteiger partial charge is 0.394 e. The molecule has 0 aliphatic carbocycles. The summed E-state index contributed by atoms with van der Waals surface area (Å²) in [5.41, 5.74) is 1.22. The highest BCUT2D eigenvalue weighted by Crippen LogP contribution is 2.44. The van der Waals surface area contributed by atoms with E-state index in [4.69, 9.17) is 14.3 Å². The Kier molecular flexibility index (Phi) is 5.26. The van der Waals surface area contributed by atoms with Crippen LogP contribution >= 0.6 is 0 Å². The number of hydrogen-bond donors (Lipinski definition) is 3. The van der Waals surface area contributed by atoms with E-state index >= 15 is 0 Å². The topological polar surface area (TPSA) is 154 Å². The standard InChI is InChI=1S/C15H21N5O7/c1-4-26-18-12-10-8(20(23)24)5-19(13(10)17-7-16-12)14-15(2,25-3)11(22)9(6-21)27-14/h5,7,9,11,14,21-22H,4,6H2,1-3H3,(H,16,17,18)/t9?,11?,14-,15-/m1/s1. The fourth-order valence-electron chi connectivity index (χ4n) is 3.20. The Morgan fingerprint density at radius 1 is 1.52 bits per heavy atom. The third-order valence-corrected chi connectivity index (χ3v) is 4.71. The van der Waals surface area contributed by atoms with Gasteiger partial charge in [0, 0.05) is 7.11 Å². The number of nitrogens with one attached hydrogen (secondary N) is 1. The number of nitrogens with zero attached hydrogens (tertiary/aromatic N) is 4. The van der Waals surface area contributed by atoms with Crippen molar-refractivity contribution < 1.29 is 29.4 Å². The van der Waals surface area contributed by atoms with Crippen LogP contribution in [-0.2, 0) is 14.3 Å². The molecule has 3 heterocycles. The number of rotatable bonds is 7. The molecule has 12 nitrogen and oxygen atoms in total. The van der Waals surface area contributed by atoms with Crippen LogP contribution in [0.4, 0.5) is 11.5 Å². The minimum absolute atomic E-state index is 0.125. The van der Waals surface area contributed by atoms with Crippen molar-refractivity contribution in [1.29, 1.82) is 0 Å². The summed E-state index contributed by atoms with van der Waals surface area (Å²) in [4.78, 5) is 24.3. The van der Waals surface area contributed by atoms with Crippen LogP contribution in [0.15, 0.2) is 12.5 Å². The van der Waals surface area contributed by atoms with E-state index in [1.54, 1.807) is 13.8 Å². The average Bonchev–Trinajstić information content (AvgIpc) is 3.17. The fraction of sp³-hybridized carbons (Fsp3) is 0.600. The van der Waals surface area contributed by atoms with Gasteiger partial charge in [-0.2, -0.15) is 0 Å². The van der Waals surface area contributed by atoms with Crippen LogP contribution in [0.2, 0.25) is 0 Å². The molecule has 0 spiro atoms. The lowest BCUT2D eigenvalue weighted by molar-refractivity contribution is -0.383. The van der Waals surface area contributed by atoms with Gasteiger partial charge in [-0.1, -0.05) is 0 Å². The first-order valence-electron chi connectivity index (χ1n) is 8.26. The molecule has 2 aromatic heterocycles. The SMILES string of the molecule is CCONc1ncnc2c1c([N+](=O)[O-])cn2[C@@H]1OC(CO)C(O)[C@@]1(C)OC. The number of aromatic nitrogens is 3. The molecule has 1 aliphatic heterocycles. The lowest BCUT2D eigenvalue weighted by atomic mass is 9.96. The Balaban J connectivity index is 2.19. The van der Waals surface area contributed by atoms with Crippen LogP contribution in [-0.4, -0.2) is 67.8 Å². The summed E-state index contributed by atoms with van der Waals surface area (Å²) < 4.78 is 12.6. The van der Waals surface area contributed by atoms with Gasteiger partial charge in [0.1, 0.15) is 29.5 Å². The summed E-state index contributed by atoms with van der Waals surface area (Å²) in [6, 6.07) is 0. The number of hydrogen-bond acceptors (Lipinski definition) is 10. The first-order valence-corrected chi connectivity index (χ1v) is 8.26. The molecular weight excluding hydrogens is 362 g/mol. The van der Waals surface area contributed by atoms with Crippen molar-refractivity contribution in [1.82, 2.24) is 14.5 Å². The molecule has 0 amide bonds. The summed E-state index contributed by atoms with van der Waals surface area (Å²) in [5.74, 6) is 0.128. The Bertz CT molecular complexity index is 843. The first-order chi connectivity index (χ1) is 12.9. The molecule has 3 rings (SSSR count). The lowest BCUT2D eigenvalue weighted by Gasteiger charge is -2.31. The summed E-state index contributed by atoms with van der Waals surface area (Å²) in [6.07, 6.45) is -0.578. The van der Waals surface area contributed by atoms with E-state index in [1.807, 2.05) is 0 Å². The lowest BCUT2D eigenvalue weighted by Crippen LogP contribution is -2.46. The zero-order chi connectivity index (χ0) is 19.8. The molecule has 148 valence electrons. The van der Waals surface area contributed by atoms with Gasteiger partial charge in [-0.25, -0.2) is 15.4 Å². The van der Waals surface area contributed by atoms with Gasteiger partial charge in [0.25, 0.3) is 5.69 Å². The van der Waals surface area contributed by atoms with Crippen LogP contribution in [0.3, 0.4) is 0 Å². The van der Waals surface area contributed by atoms with E-state index in [9.17, 15) is 20.3 Å². The summed E-state index contributed by atoms with van der Waals surface area (Å²) in [5, 5.41) is 31.7. The van der Waals surface area contributed by atoms with Crippen LogP contribution in [0.1, 0.15) is 20.1 Å². The molecule has 1 aliphatic rings. The van der Waals surface area contributed by atoms with Gasteiger partial charge in [-0.3, -0.25) is 19.5 Å². The zero-order valence-corrected chi connectivity index (χ0v) is 15.0. The molecule has 0 radical (unpaired) electrons. The smallest absolute Gasteiger partial charge is 0.300 e. The molecule has 2 aromatic rings. The zero-order valence-electron chi connectivity index (χ0n) is 15.0. The molecule has 12 heteroatoms. The van der Waals surface area contributed by atoms with E-state index in [0.717, 1.165) is 0 Å². The van der Waals surface area contributed by atoms with Crippen molar-refractivity contribution in [2.45, 2.75) is 37.9 Å². The van der Waals surface area contributed by atoms with Gasteiger partial charge in [0.2, 0.25) is 0 Å². The maximum absolute atomic E-state index is 11.6. The first kappa shape index (κ1) is 19.4. The van der Waals surface area contributed by atoms with Crippen LogP contribution in [0, 0.1) is 10.1 Å². The number of ether oxygens (including phenoxy) is 2. The highest BCUT2D eigenvalue weighted by atomic mass is 16.6. The van der Waals surface area contributed by atoms with Crippen molar-refractivity contribution in [2.75, 3.05) is 25.8 Å². The van der Waals surface area contributed by atoms with Gasteiger partial charge in [-0.15, -0.1) is 0 Å². The normalized spacial score (nSPS) is 28.0. The third kappa shape index (κ3) is 3.00. The highest BCUT2D eigenvalue weighted by Gasteiger charge is 2.55. The Morgan fingerprint density at radius 3 is 2.85 bits per heavy atom. The Labute approximate surface area is 153 Å². The molecule has 0 bridgehead atoms. The second-order valence-corrected chi connectivity index (χ2v) is 6.18. The second kappa shape index (κ2) is 7.32. The van der Waals surface area contributed by atoms with Crippen LogP contribution < -0.4 is 5.48 Å².